The minimum atomic E-state index is -4.70. The fourth-order valence-corrected chi connectivity index (χ4v) is 1.20. The molecular weight excluding hydrogens is 249 g/mol. The first kappa shape index (κ1) is 12.2. The average molecular weight is 256 g/mol. The molecule has 0 aliphatic carbocycles. The summed E-state index contributed by atoms with van der Waals surface area (Å²) in [5, 5.41) is 14.9. The number of hydrogen-bond acceptors (Lipinski definition) is 5. The van der Waals surface area contributed by atoms with Gasteiger partial charge in [0.1, 0.15) is 5.75 Å². The van der Waals surface area contributed by atoms with Crippen LogP contribution < -0.4 is 4.74 Å². The molecule has 0 bridgehead atoms. The Kier molecular flexibility index (Phi) is 3.09. The summed E-state index contributed by atoms with van der Waals surface area (Å²) in [6.45, 7) is 1.63. The van der Waals surface area contributed by atoms with Crippen LogP contribution in [0, 0.1) is 6.92 Å². The van der Waals surface area contributed by atoms with Gasteiger partial charge in [-0.3, -0.25) is 0 Å². The number of aromatic nitrogens is 4. The second-order valence-electron chi connectivity index (χ2n) is 3.34. The van der Waals surface area contributed by atoms with Crippen LogP contribution in [0.3, 0.4) is 0 Å². The monoisotopic (exact) mass is 256 g/mol. The van der Waals surface area contributed by atoms with Crippen LogP contribution >= 0.6 is 0 Å². The van der Waals surface area contributed by atoms with Crippen LogP contribution in [-0.4, -0.2) is 26.8 Å². The molecule has 0 unspecified atom stereocenters. The van der Waals surface area contributed by atoms with Gasteiger partial charge in [-0.25, -0.2) is 0 Å². The molecule has 1 aromatic carbocycles. The first-order valence-corrected chi connectivity index (χ1v) is 4.84. The van der Waals surface area contributed by atoms with Crippen molar-refractivity contribution in [2.45, 2.75) is 13.3 Å². The van der Waals surface area contributed by atoms with Gasteiger partial charge in [0.2, 0.25) is 5.82 Å². The van der Waals surface area contributed by atoms with E-state index in [2.05, 4.69) is 25.1 Å². The van der Waals surface area contributed by atoms with E-state index in [9.17, 15) is 13.2 Å². The van der Waals surface area contributed by atoms with Crippen LogP contribution in [0.5, 0.6) is 5.75 Å². The molecule has 0 aliphatic heterocycles. The summed E-state index contributed by atoms with van der Waals surface area (Å²) < 4.78 is 39.6. The fraction of sp³-hybridized carbons (Fsp3) is 0.200. The number of alkyl halides is 3. The molecule has 2 aromatic rings. The predicted octanol–water partition coefficient (Wildman–Crippen LogP) is 2.14. The number of nitrogens with zero attached hydrogens (tertiary/aromatic N) is 4. The van der Waals surface area contributed by atoms with Gasteiger partial charge in [-0.1, -0.05) is 0 Å². The Labute approximate surface area is 99.6 Å². The molecule has 0 saturated heterocycles. The molecule has 0 aliphatic rings. The molecule has 0 fully saturated rings. The summed E-state index contributed by atoms with van der Waals surface area (Å²) in [4.78, 5) is 0. The molecule has 0 N–H and O–H groups in total. The third-order valence-corrected chi connectivity index (χ3v) is 1.92. The molecule has 0 radical (unpaired) electrons. The van der Waals surface area contributed by atoms with Crippen molar-refractivity contribution in [1.82, 2.24) is 20.4 Å². The van der Waals surface area contributed by atoms with Crippen molar-refractivity contribution in [2.24, 2.45) is 0 Å². The van der Waals surface area contributed by atoms with Gasteiger partial charge in [0.15, 0.2) is 5.82 Å². The highest BCUT2D eigenvalue weighted by Crippen LogP contribution is 2.24. The van der Waals surface area contributed by atoms with Crippen LogP contribution in [0.15, 0.2) is 24.3 Å². The quantitative estimate of drug-likeness (QED) is 0.823. The Hall–Kier alpha value is -2.25. The summed E-state index contributed by atoms with van der Waals surface area (Å²) in [6.07, 6.45) is -4.70. The highest BCUT2D eigenvalue weighted by atomic mass is 19.4. The molecule has 0 saturated carbocycles. The van der Waals surface area contributed by atoms with Gasteiger partial charge in [0.05, 0.1) is 0 Å². The lowest BCUT2D eigenvalue weighted by atomic mass is 10.2. The zero-order valence-corrected chi connectivity index (χ0v) is 9.14. The van der Waals surface area contributed by atoms with Gasteiger partial charge in [0, 0.05) is 5.56 Å². The molecule has 18 heavy (non-hydrogen) atoms. The maximum Gasteiger partial charge on any atom is 0.573 e. The molecule has 5 nitrogen and oxygen atoms in total. The molecule has 94 valence electrons. The minimum Gasteiger partial charge on any atom is -0.406 e. The molecule has 0 atom stereocenters. The van der Waals surface area contributed by atoms with Crippen LogP contribution in [0.1, 0.15) is 5.82 Å². The number of aryl methyl sites for hydroxylation is 1. The van der Waals surface area contributed by atoms with E-state index in [-0.39, 0.29) is 11.6 Å². The van der Waals surface area contributed by atoms with Crippen LogP contribution in [0.25, 0.3) is 11.4 Å². The van der Waals surface area contributed by atoms with Crippen LogP contribution in [0.4, 0.5) is 13.2 Å². The molecule has 1 heterocycles. The SMILES string of the molecule is Cc1nnc(-c2ccc(OC(F)(F)F)cc2)nn1. The smallest absolute Gasteiger partial charge is 0.406 e. The second kappa shape index (κ2) is 4.55. The van der Waals surface area contributed by atoms with Gasteiger partial charge in [-0.2, -0.15) is 0 Å². The molecule has 0 amide bonds. The molecule has 0 spiro atoms. The Bertz CT molecular complexity index is 524. The number of benzene rings is 1. The normalized spacial score (nSPS) is 11.3. The van der Waals surface area contributed by atoms with Crippen molar-refractivity contribution in [3.8, 4) is 17.1 Å². The molecular formula is C10H7F3N4O. The third-order valence-electron chi connectivity index (χ3n) is 1.92. The van der Waals surface area contributed by atoms with Gasteiger partial charge in [0.25, 0.3) is 0 Å². The lowest BCUT2D eigenvalue weighted by Gasteiger charge is -2.08. The van der Waals surface area contributed by atoms with E-state index in [1.165, 1.54) is 24.3 Å². The Morgan fingerprint density at radius 1 is 0.944 bits per heavy atom. The summed E-state index contributed by atoms with van der Waals surface area (Å²) >= 11 is 0. The number of rotatable bonds is 2. The lowest BCUT2D eigenvalue weighted by molar-refractivity contribution is -0.274. The lowest BCUT2D eigenvalue weighted by Crippen LogP contribution is -2.16. The third kappa shape index (κ3) is 3.12. The topological polar surface area (TPSA) is 60.8 Å². The summed E-state index contributed by atoms with van der Waals surface area (Å²) in [7, 11) is 0. The standard InChI is InChI=1S/C10H7F3N4O/c1-6-14-16-9(17-15-6)7-2-4-8(5-3-7)18-10(11,12)13/h2-5H,1H3. The van der Waals surface area contributed by atoms with E-state index in [1.807, 2.05) is 0 Å². The molecule has 8 heteroatoms. The molecule has 1 aromatic heterocycles. The second-order valence-corrected chi connectivity index (χ2v) is 3.34. The van der Waals surface area contributed by atoms with Crippen molar-refractivity contribution in [1.29, 1.82) is 0 Å². The van der Waals surface area contributed by atoms with E-state index in [0.29, 0.717) is 11.4 Å². The van der Waals surface area contributed by atoms with Crippen LogP contribution in [-0.2, 0) is 0 Å². The number of ether oxygens (including phenoxy) is 1. The van der Waals surface area contributed by atoms with Gasteiger partial charge in [-0.05, 0) is 31.2 Å². The minimum absolute atomic E-state index is 0.235. The van der Waals surface area contributed by atoms with E-state index >= 15 is 0 Å². The van der Waals surface area contributed by atoms with Crippen molar-refractivity contribution >= 4 is 0 Å². The highest BCUT2D eigenvalue weighted by Gasteiger charge is 2.30. The maximum absolute atomic E-state index is 11.9. The maximum atomic E-state index is 11.9. The van der Waals surface area contributed by atoms with E-state index in [4.69, 9.17) is 0 Å². The largest absolute Gasteiger partial charge is 0.573 e. The number of hydrogen-bond donors (Lipinski definition) is 0. The fourth-order valence-electron chi connectivity index (χ4n) is 1.20. The van der Waals surface area contributed by atoms with Gasteiger partial charge in [-0.15, -0.1) is 33.6 Å². The van der Waals surface area contributed by atoms with Gasteiger partial charge >= 0.3 is 6.36 Å². The Morgan fingerprint density at radius 2 is 1.50 bits per heavy atom. The first-order valence-electron chi connectivity index (χ1n) is 4.84. The Morgan fingerprint density at radius 3 is 2.00 bits per heavy atom. The summed E-state index contributed by atoms with van der Waals surface area (Å²) in [5.74, 6) is 0.342. The van der Waals surface area contributed by atoms with Crippen molar-refractivity contribution in [3.05, 3.63) is 30.1 Å². The zero-order valence-electron chi connectivity index (χ0n) is 9.14. The van der Waals surface area contributed by atoms with Gasteiger partial charge < -0.3 is 4.74 Å². The molecule has 2 rings (SSSR count). The summed E-state index contributed by atoms with van der Waals surface area (Å²) in [6, 6.07) is 5.14. The Balaban J connectivity index is 2.20. The highest BCUT2D eigenvalue weighted by molar-refractivity contribution is 5.54. The van der Waals surface area contributed by atoms with E-state index in [1.54, 1.807) is 6.92 Å². The van der Waals surface area contributed by atoms with E-state index < -0.39 is 6.36 Å². The van der Waals surface area contributed by atoms with Crippen molar-refractivity contribution in [3.63, 3.8) is 0 Å². The van der Waals surface area contributed by atoms with E-state index in [0.717, 1.165) is 0 Å². The first-order chi connectivity index (χ1) is 8.44. The van der Waals surface area contributed by atoms with Crippen LogP contribution in [0.2, 0.25) is 0 Å². The predicted molar refractivity (Wildman–Crippen MR) is 54.5 cm³/mol. The summed E-state index contributed by atoms with van der Waals surface area (Å²) in [5.41, 5.74) is 0.504. The van der Waals surface area contributed by atoms with Crippen molar-refractivity contribution < 1.29 is 17.9 Å². The van der Waals surface area contributed by atoms with Crippen molar-refractivity contribution in [2.75, 3.05) is 0 Å². The number of halogens is 3. The zero-order chi connectivity index (χ0) is 13.2. The average Bonchev–Trinajstić information content (AvgIpc) is 2.29.